The van der Waals surface area contributed by atoms with Crippen LogP contribution in [-0.4, -0.2) is 28.4 Å². The van der Waals surface area contributed by atoms with Crippen molar-refractivity contribution < 1.29 is 4.42 Å². The van der Waals surface area contributed by atoms with E-state index in [4.69, 9.17) is 4.42 Å². The van der Waals surface area contributed by atoms with E-state index >= 15 is 0 Å². The van der Waals surface area contributed by atoms with Crippen LogP contribution >= 0.6 is 23.1 Å². The first-order valence-corrected chi connectivity index (χ1v) is 9.03. The van der Waals surface area contributed by atoms with Gasteiger partial charge in [-0.2, -0.15) is 0 Å². The highest BCUT2D eigenvalue weighted by Crippen LogP contribution is 2.23. The maximum atomic E-state index is 5.72. The fourth-order valence-electron chi connectivity index (χ4n) is 2.15. The Morgan fingerprint density at radius 3 is 2.64 bits per heavy atom. The zero-order chi connectivity index (χ0) is 15.4. The van der Waals surface area contributed by atoms with Crippen LogP contribution in [0.1, 0.15) is 11.5 Å². The fourth-order valence-corrected chi connectivity index (χ4v) is 3.20. The zero-order valence-electron chi connectivity index (χ0n) is 12.5. The largest absolute Gasteiger partial charge is 0.419 e. The average Bonchev–Trinajstić information content (AvgIpc) is 3.19. The van der Waals surface area contributed by atoms with Crippen LogP contribution in [0.15, 0.2) is 51.1 Å². The van der Waals surface area contributed by atoms with Gasteiger partial charge in [0.15, 0.2) is 0 Å². The van der Waals surface area contributed by atoms with Gasteiger partial charge in [-0.1, -0.05) is 18.2 Å². The van der Waals surface area contributed by atoms with Crippen LogP contribution in [0.3, 0.4) is 0 Å². The molecule has 0 amide bonds. The third kappa shape index (κ3) is 3.76. The third-order valence-corrected chi connectivity index (χ3v) is 4.82. The predicted molar refractivity (Wildman–Crippen MR) is 91.0 cm³/mol. The Labute approximate surface area is 138 Å². The average molecular weight is 331 g/mol. The van der Waals surface area contributed by atoms with E-state index in [0.29, 0.717) is 18.3 Å². The van der Waals surface area contributed by atoms with Gasteiger partial charge >= 0.3 is 0 Å². The lowest BCUT2D eigenvalue weighted by Gasteiger charge is -2.14. The van der Waals surface area contributed by atoms with E-state index in [2.05, 4.69) is 52.7 Å². The molecule has 0 aliphatic rings. The molecule has 0 spiro atoms. The minimum atomic E-state index is 0.600. The van der Waals surface area contributed by atoms with Gasteiger partial charge < -0.3 is 4.42 Å². The van der Waals surface area contributed by atoms with Gasteiger partial charge in [0.1, 0.15) is 0 Å². The van der Waals surface area contributed by atoms with Crippen LogP contribution in [0, 0.1) is 0 Å². The molecule has 0 atom stereocenters. The van der Waals surface area contributed by atoms with E-state index < -0.39 is 0 Å². The van der Waals surface area contributed by atoms with E-state index in [-0.39, 0.29) is 0 Å². The van der Waals surface area contributed by atoms with Crippen molar-refractivity contribution in [3.8, 4) is 10.8 Å². The molecule has 0 aliphatic heterocycles. The summed E-state index contributed by atoms with van der Waals surface area (Å²) in [5, 5.41) is 10.2. The summed E-state index contributed by atoms with van der Waals surface area (Å²) in [5.74, 6) is 1.24. The van der Waals surface area contributed by atoms with Crippen molar-refractivity contribution >= 4 is 23.1 Å². The van der Waals surface area contributed by atoms with Crippen molar-refractivity contribution in [1.29, 1.82) is 0 Å². The Bertz CT molecular complexity index is 707. The van der Waals surface area contributed by atoms with Crippen molar-refractivity contribution in [3.05, 3.63) is 53.2 Å². The third-order valence-electron chi connectivity index (χ3n) is 3.22. The molecule has 0 saturated carbocycles. The first-order valence-electron chi connectivity index (χ1n) is 6.92. The van der Waals surface area contributed by atoms with Gasteiger partial charge in [-0.15, -0.1) is 33.3 Å². The molecule has 0 radical (unpaired) electrons. The molecule has 3 rings (SSSR count). The molecule has 6 heteroatoms. The standard InChI is InChI=1S/C16H17N3OS2/c1-19(10-12-5-7-13(21-2)8-6-12)11-15-17-18-16(20-15)14-4-3-9-22-14/h3-9H,10-11H2,1-2H3. The van der Waals surface area contributed by atoms with Crippen LogP contribution in [0.4, 0.5) is 0 Å². The quantitative estimate of drug-likeness (QED) is 0.635. The number of hydrogen-bond acceptors (Lipinski definition) is 6. The number of rotatable bonds is 6. The van der Waals surface area contributed by atoms with Crippen molar-refractivity contribution in [2.75, 3.05) is 13.3 Å². The number of thiophene rings is 1. The van der Waals surface area contributed by atoms with Crippen molar-refractivity contribution in [2.24, 2.45) is 0 Å². The van der Waals surface area contributed by atoms with Gasteiger partial charge in [0.25, 0.3) is 5.89 Å². The summed E-state index contributed by atoms with van der Waals surface area (Å²) in [7, 11) is 2.05. The second-order valence-corrected chi connectivity index (χ2v) is 6.83. The van der Waals surface area contributed by atoms with Crippen LogP contribution < -0.4 is 0 Å². The van der Waals surface area contributed by atoms with Crippen LogP contribution in [0.25, 0.3) is 10.8 Å². The van der Waals surface area contributed by atoms with Crippen molar-refractivity contribution in [2.45, 2.75) is 18.0 Å². The molecule has 2 heterocycles. The van der Waals surface area contributed by atoms with Gasteiger partial charge in [0.2, 0.25) is 5.89 Å². The summed E-state index contributed by atoms with van der Waals surface area (Å²) in [5.41, 5.74) is 1.28. The summed E-state index contributed by atoms with van der Waals surface area (Å²) in [4.78, 5) is 4.46. The molecule has 0 unspecified atom stereocenters. The van der Waals surface area contributed by atoms with Crippen LogP contribution in [0.2, 0.25) is 0 Å². The number of benzene rings is 1. The first-order chi connectivity index (χ1) is 10.7. The Balaban J connectivity index is 1.60. The SMILES string of the molecule is CSc1ccc(CN(C)Cc2nnc(-c3cccs3)o2)cc1. The number of aromatic nitrogens is 2. The highest BCUT2D eigenvalue weighted by molar-refractivity contribution is 7.98. The molecule has 2 aromatic heterocycles. The number of thioether (sulfide) groups is 1. The Kier molecular flexibility index (Phi) is 4.92. The molecule has 0 aliphatic carbocycles. The highest BCUT2D eigenvalue weighted by Gasteiger charge is 2.11. The molecule has 1 aromatic carbocycles. The predicted octanol–water partition coefficient (Wildman–Crippen LogP) is 4.15. The summed E-state index contributed by atoms with van der Waals surface area (Å²) in [6.07, 6.45) is 2.09. The molecule has 0 fully saturated rings. The number of nitrogens with zero attached hydrogens (tertiary/aromatic N) is 3. The molecule has 114 valence electrons. The normalized spacial score (nSPS) is 11.2. The van der Waals surface area contributed by atoms with E-state index in [9.17, 15) is 0 Å². The van der Waals surface area contributed by atoms with E-state index in [1.54, 1.807) is 23.1 Å². The van der Waals surface area contributed by atoms with E-state index in [1.807, 2.05) is 17.5 Å². The summed E-state index contributed by atoms with van der Waals surface area (Å²) < 4.78 is 5.72. The minimum Gasteiger partial charge on any atom is -0.419 e. The highest BCUT2D eigenvalue weighted by atomic mass is 32.2. The monoisotopic (exact) mass is 331 g/mol. The molecular formula is C16H17N3OS2. The molecular weight excluding hydrogens is 314 g/mol. The lowest BCUT2D eigenvalue weighted by molar-refractivity contribution is 0.283. The van der Waals surface area contributed by atoms with Crippen molar-refractivity contribution in [3.63, 3.8) is 0 Å². The number of hydrogen-bond donors (Lipinski definition) is 0. The molecule has 0 N–H and O–H groups in total. The maximum absolute atomic E-state index is 5.72. The second-order valence-electron chi connectivity index (χ2n) is 5.00. The van der Waals surface area contributed by atoms with Gasteiger partial charge in [-0.3, -0.25) is 4.90 Å². The van der Waals surface area contributed by atoms with Gasteiger partial charge in [-0.05, 0) is 42.4 Å². The smallest absolute Gasteiger partial charge is 0.257 e. The van der Waals surface area contributed by atoms with Crippen molar-refractivity contribution in [1.82, 2.24) is 15.1 Å². The lowest BCUT2D eigenvalue weighted by atomic mass is 10.2. The van der Waals surface area contributed by atoms with Crippen LogP contribution in [-0.2, 0) is 13.1 Å². The van der Waals surface area contributed by atoms with Gasteiger partial charge in [0, 0.05) is 11.4 Å². The van der Waals surface area contributed by atoms with E-state index in [0.717, 1.165) is 11.4 Å². The van der Waals surface area contributed by atoms with Gasteiger partial charge in [0.05, 0.1) is 11.4 Å². The zero-order valence-corrected chi connectivity index (χ0v) is 14.2. The summed E-state index contributed by atoms with van der Waals surface area (Å²) >= 11 is 3.36. The van der Waals surface area contributed by atoms with Crippen LogP contribution in [0.5, 0.6) is 0 Å². The fraction of sp³-hybridized carbons (Fsp3) is 0.250. The minimum absolute atomic E-state index is 0.600. The summed E-state index contributed by atoms with van der Waals surface area (Å²) in [6, 6.07) is 12.6. The van der Waals surface area contributed by atoms with E-state index in [1.165, 1.54) is 10.5 Å². The maximum Gasteiger partial charge on any atom is 0.257 e. The molecule has 4 nitrogen and oxygen atoms in total. The lowest BCUT2D eigenvalue weighted by Crippen LogP contribution is -2.17. The topological polar surface area (TPSA) is 42.2 Å². The summed E-state index contributed by atoms with van der Waals surface area (Å²) in [6.45, 7) is 1.49. The first kappa shape index (κ1) is 15.3. The Morgan fingerprint density at radius 1 is 1.14 bits per heavy atom. The molecule has 0 saturated heterocycles. The Morgan fingerprint density at radius 2 is 1.95 bits per heavy atom. The molecule has 22 heavy (non-hydrogen) atoms. The Hall–Kier alpha value is -1.63. The molecule has 0 bridgehead atoms. The second kappa shape index (κ2) is 7.09. The molecule has 3 aromatic rings. The van der Waals surface area contributed by atoms with Gasteiger partial charge in [-0.25, -0.2) is 0 Å².